The van der Waals surface area contributed by atoms with Crippen LogP contribution in [-0.4, -0.2) is 36.7 Å². The van der Waals surface area contributed by atoms with Gasteiger partial charge in [-0.3, -0.25) is 4.90 Å². The number of hydrogen-bond donors (Lipinski definition) is 1. The minimum atomic E-state index is -0.809. The minimum absolute atomic E-state index is 0.418. The minimum Gasteiger partial charge on any atom is -0.385 e. The van der Waals surface area contributed by atoms with E-state index in [2.05, 4.69) is 45.3 Å². The van der Waals surface area contributed by atoms with Gasteiger partial charge in [0.1, 0.15) is 0 Å². The number of aromatic nitrogens is 3. The number of nitrogens with zero attached hydrogens (tertiary/aromatic N) is 4. The molecule has 0 aliphatic carbocycles. The van der Waals surface area contributed by atoms with Gasteiger partial charge in [-0.15, -0.1) is 0 Å². The molecule has 4 heterocycles. The van der Waals surface area contributed by atoms with Crippen molar-refractivity contribution in [2.24, 2.45) is 0 Å². The molecule has 5 heteroatoms. The Morgan fingerprint density at radius 2 is 1.85 bits per heavy atom. The Labute approximate surface area is 153 Å². The number of aliphatic hydroxyl groups is 1. The van der Waals surface area contributed by atoms with Crippen LogP contribution < -0.4 is 0 Å². The van der Waals surface area contributed by atoms with Crippen molar-refractivity contribution in [1.82, 2.24) is 19.5 Å². The van der Waals surface area contributed by atoms with Gasteiger partial charge in [0.25, 0.3) is 0 Å². The maximum atomic E-state index is 11.5. The molecule has 1 N–H and O–H groups in total. The lowest BCUT2D eigenvalue weighted by Crippen LogP contribution is -2.56. The summed E-state index contributed by atoms with van der Waals surface area (Å²) in [6.45, 7) is 0.975. The lowest BCUT2D eigenvalue weighted by atomic mass is 9.73. The highest BCUT2D eigenvalue weighted by Crippen LogP contribution is 2.44. The van der Waals surface area contributed by atoms with E-state index in [0.29, 0.717) is 12.1 Å². The van der Waals surface area contributed by atoms with Crippen molar-refractivity contribution in [2.45, 2.75) is 56.3 Å². The maximum Gasteiger partial charge on any atom is 0.154 e. The summed E-state index contributed by atoms with van der Waals surface area (Å²) in [5.74, 6) is 0. The Morgan fingerprint density at radius 3 is 2.62 bits per heavy atom. The van der Waals surface area contributed by atoms with Gasteiger partial charge in [-0.1, -0.05) is 36.8 Å². The predicted molar refractivity (Wildman–Crippen MR) is 99.5 cm³/mol. The zero-order valence-electron chi connectivity index (χ0n) is 14.8. The fraction of sp³-hybridized carbons (Fsp3) is 0.429. The van der Waals surface area contributed by atoms with Crippen LogP contribution in [0.5, 0.6) is 0 Å². The van der Waals surface area contributed by atoms with Crippen molar-refractivity contribution in [2.75, 3.05) is 0 Å². The second-order valence-corrected chi connectivity index (χ2v) is 7.81. The summed E-state index contributed by atoms with van der Waals surface area (Å²) in [6.07, 6.45) is 10.6. The third kappa shape index (κ3) is 2.72. The lowest BCUT2D eigenvalue weighted by Gasteiger charge is -2.52. The Bertz CT molecular complexity index is 893. The zero-order chi connectivity index (χ0) is 17.6. The van der Waals surface area contributed by atoms with Crippen molar-refractivity contribution < 1.29 is 5.11 Å². The first-order valence-corrected chi connectivity index (χ1v) is 9.53. The van der Waals surface area contributed by atoms with Gasteiger partial charge in [-0.2, -0.15) is 5.10 Å². The lowest BCUT2D eigenvalue weighted by molar-refractivity contribution is -0.100. The van der Waals surface area contributed by atoms with E-state index in [-0.39, 0.29) is 0 Å². The molecular weight excluding hydrogens is 324 g/mol. The van der Waals surface area contributed by atoms with Gasteiger partial charge >= 0.3 is 0 Å². The summed E-state index contributed by atoms with van der Waals surface area (Å²) < 4.78 is 1.76. The molecule has 5 rings (SSSR count). The second-order valence-electron chi connectivity index (χ2n) is 7.81. The highest BCUT2D eigenvalue weighted by molar-refractivity contribution is 5.37. The van der Waals surface area contributed by atoms with Crippen molar-refractivity contribution in [3.8, 4) is 0 Å². The van der Waals surface area contributed by atoms with Crippen molar-refractivity contribution in [3.05, 3.63) is 66.1 Å². The molecule has 1 aromatic carbocycles. The van der Waals surface area contributed by atoms with Crippen molar-refractivity contribution >= 4 is 5.65 Å². The van der Waals surface area contributed by atoms with Gasteiger partial charge < -0.3 is 5.11 Å². The van der Waals surface area contributed by atoms with Gasteiger partial charge in [0.15, 0.2) is 5.65 Å². The SMILES string of the molecule is OC1(c2cnc3ccnn3c2)CC2CCCC(C1)N2Cc1ccccc1. The van der Waals surface area contributed by atoms with Crippen molar-refractivity contribution in [1.29, 1.82) is 0 Å². The quantitative estimate of drug-likeness (QED) is 0.790. The van der Waals surface area contributed by atoms with Gasteiger partial charge in [-0.25, -0.2) is 9.50 Å². The predicted octanol–water partition coefficient (Wildman–Crippen LogP) is 3.13. The molecule has 2 aliphatic rings. The van der Waals surface area contributed by atoms with Gasteiger partial charge in [0.2, 0.25) is 0 Å². The molecule has 5 nitrogen and oxygen atoms in total. The first-order valence-electron chi connectivity index (χ1n) is 9.53. The molecule has 2 atom stereocenters. The standard InChI is InChI=1S/C21H24N4O/c26-21(17-13-22-20-9-10-23-25(20)15-17)11-18-7-4-8-19(12-21)24(18)14-16-5-2-1-3-6-16/h1-3,5-6,9-10,13,15,18-19,26H,4,7-8,11-12,14H2. The highest BCUT2D eigenvalue weighted by Gasteiger charge is 2.46. The fourth-order valence-corrected chi connectivity index (χ4v) is 4.86. The average molecular weight is 348 g/mol. The zero-order valence-corrected chi connectivity index (χ0v) is 14.8. The van der Waals surface area contributed by atoms with E-state index in [9.17, 15) is 5.11 Å². The Morgan fingerprint density at radius 1 is 1.08 bits per heavy atom. The molecule has 0 amide bonds. The summed E-state index contributed by atoms with van der Waals surface area (Å²) in [5, 5.41) is 15.8. The Balaban J connectivity index is 1.43. The van der Waals surface area contributed by atoms with E-state index in [1.807, 2.05) is 18.5 Å². The van der Waals surface area contributed by atoms with Crippen molar-refractivity contribution in [3.63, 3.8) is 0 Å². The van der Waals surface area contributed by atoms with Crippen LogP contribution in [0.1, 0.15) is 43.2 Å². The molecule has 0 radical (unpaired) electrons. The molecule has 134 valence electrons. The molecule has 2 aliphatic heterocycles. The number of piperidine rings is 2. The first kappa shape index (κ1) is 16.0. The second kappa shape index (κ2) is 6.18. The van der Waals surface area contributed by atoms with Crippen LogP contribution in [0.4, 0.5) is 0 Å². The fourth-order valence-electron chi connectivity index (χ4n) is 4.86. The largest absolute Gasteiger partial charge is 0.385 e. The molecule has 0 saturated carbocycles. The molecule has 2 unspecified atom stereocenters. The van der Waals surface area contributed by atoms with Crippen LogP contribution in [0, 0.1) is 0 Å². The van der Waals surface area contributed by atoms with Crippen LogP contribution >= 0.6 is 0 Å². The van der Waals surface area contributed by atoms with Gasteiger partial charge in [-0.05, 0) is 31.2 Å². The van der Waals surface area contributed by atoms with E-state index in [1.54, 1.807) is 10.7 Å². The summed E-state index contributed by atoms with van der Waals surface area (Å²) in [7, 11) is 0. The number of rotatable bonds is 3. The van der Waals surface area contributed by atoms with E-state index >= 15 is 0 Å². The third-order valence-electron chi connectivity index (χ3n) is 6.15. The molecule has 26 heavy (non-hydrogen) atoms. The number of fused-ring (bicyclic) bond motifs is 3. The molecule has 0 spiro atoms. The topological polar surface area (TPSA) is 53.7 Å². The van der Waals surface area contributed by atoms with Crippen LogP contribution in [0.25, 0.3) is 5.65 Å². The van der Waals surface area contributed by atoms with Crippen LogP contribution in [0.15, 0.2) is 55.0 Å². The smallest absolute Gasteiger partial charge is 0.154 e. The Kier molecular flexibility index (Phi) is 3.80. The molecule has 2 fully saturated rings. The van der Waals surface area contributed by atoms with E-state index in [4.69, 9.17) is 0 Å². The number of hydrogen-bond acceptors (Lipinski definition) is 4. The van der Waals surface area contributed by atoms with Crippen LogP contribution in [-0.2, 0) is 12.1 Å². The van der Waals surface area contributed by atoms with Gasteiger partial charge in [0.05, 0.1) is 11.8 Å². The summed E-state index contributed by atoms with van der Waals surface area (Å²) in [6, 6.07) is 13.4. The first-order chi connectivity index (χ1) is 12.7. The summed E-state index contributed by atoms with van der Waals surface area (Å²) in [4.78, 5) is 7.09. The molecule has 2 saturated heterocycles. The van der Waals surface area contributed by atoms with E-state index < -0.39 is 5.60 Å². The third-order valence-corrected chi connectivity index (χ3v) is 6.15. The van der Waals surface area contributed by atoms with Crippen LogP contribution in [0.3, 0.4) is 0 Å². The summed E-state index contributed by atoms with van der Waals surface area (Å²) >= 11 is 0. The molecule has 2 aromatic heterocycles. The van der Waals surface area contributed by atoms with Crippen LogP contribution in [0.2, 0.25) is 0 Å². The van der Waals surface area contributed by atoms with E-state index in [0.717, 1.165) is 43.4 Å². The van der Waals surface area contributed by atoms with Gasteiger partial charge in [0, 0.05) is 42.7 Å². The average Bonchev–Trinajstić information content (AvgIpc) is 3.11. The normalized spacial score (nSPS) is 29.1. The molecular formula is C21H24N4O. The van der Waals surface area contributed by atoms with E-state index in [1.165, 1.54) is 12.0 Å². The molecule has 2 bridgehead atoms. The highest BCUT2D eigenvalue weighted by atomic mass is 16.3. The monoisotopic (exact) mass is 348 g/mol. The Hall–Kier alpha value is -2.24. The number of benzene rings is 1. The molecule has 3 aromatic rings. The summed E-state index contributed by atoms with van der Waals surface area (Å²) in [5.41, 5.74) is 2.26. The maximum absolute atomic E-state index is 11.5.